The van der Waals surface area contributed by atoms with E-state index in [0.29, 0.717) is 26.1 Å². The van der Waals surface area contributed by atoms with E-state index in [1.54, 1.807) is 17.1 Å². The fourth-order valence-corrected chi connectivity index (χ4v) is 3.69. The molecule has 9 heteroatoms. The van der Waals surface area contributed by atoms with Crippen LogP contribution in [0.4, 0.5) is 0 Å². The minimum absolute atomic E-state index is 0.113. The lowest BCUT2D eigenvalue weighted by Gasteiger charge is -2.32. The smallest absolute Gasteiger partial charge is 0.224 e. The maximum Gasteiger partial charge on any atom is 0.224 e. The van der Waals surface area contributed by atoms with Crippen LogP contribution in [0.5, 0.6) is 0 Å². The molecule has 0 N–H and O–H groups in total. The lowest BCUT2D eigenvalue weighted by atomic mass is 10.2. The van der Waals surface area contributed by atoms with Gasteiger partial charge in [0.25, 0.3) is 0 Å². The zero-order valence-corrected chi connectivity index (χ0v) is 15.9. The summed E-state index contributed by atoms with van der Waals surface area (Å²) in [6.07, 6.45) is 8.76. The zero-order valence-electron chi connectivity index (χ0n) is 15.9. The summed E-state index contributed by atoms with van der Waals surface area (Å²) >= 11 is 0. The number of hydrogen-bond acceptors (Lipinski definition) is 5. The Labute approximate surface area is 157 Å². The monoisotopic (exact) mass is 368 g/mol. The van der Waals surface area contributed by atoms with Crippen LogP contribution in [0, 0.1) is 0 Å². The third-order valence-corrected chi connectivity index (χ3v) is 5.02. The van der Waals surface area contributed by atoms with E-state index in [-0.39, 0.29) is 11.9 Å². The predicted molar refractivity (Wildman–Crippen MR) is 98.6 cm³/mol. The van der Waals surface area contributed by atoms with Gasteiger partial charge in [0, 0.05) is 51.6 Å². The number of hydrogen-bond donors (Lipinski definition) is 0. The van der Waals surface area contributed by atoms with Crippen molar-refractivity contribution < 1.29 is 4.79 Å². The van der Waals surface area contributed by atoms with Crippen LogP contribution in [0.1, 0.15) is 38.0 Å². The highest BCUT2D eigenvalue weighted by molar-refractivity contribution is 5.76. The minimum atomic E-state index is 0.113. The lowest BCUT2D eigenvalue weighted by Crippen LogP contribution is -2.40. The average Bonchev–Trinajstić information content (AvgIpc) is 3.38. The molecule has 0 aromatic carbocycles. The van der Waals surface area contributed by atoms with E-state index in [9.17, 15) is 4.79 Å². The highest BCUT2D eigenvalue weighted by Crippen LogP contribution is 2.27. The Morgan fingerprint density at radius 2 is 2.19 bits per heavy atom. The summed E-state index contributed by atoms with van der Waals surface area (Å²) in [6, 6.07) is 0.113. The first kappa shape index (κ1) is 17.4. The fourth-order valence-electron chi connectivity index (χ4n) is 3.69. The van der Waals surface area contributed by atoms with Gasteiger partial charge in [-0.1, -0.05) is 6.92 Å². The first-order chi connectivity index (χ1) is 13.1. The third kappa shape index (κ3) is 3.24. The van der Waals surface area contributed by atoms with Crippen molar-refractivity contribution in [3.63, 3.8) is 0 Å². The van der Waals surface area contributed by atoms with E-state index in [0.717, 1.165) is 29.5 Å². The molecule has 3 aromatic heterocycles. The van der Waals surface area contributed by atoms with Crippen LogP contribution in [0.3, 0.4) is 0 Å². The highest BCUT2D eigenvalue weighted by Gasteiger charge is 2.29. The van der Waals surface area contributed by atoms with Crippen LogP contribution in [0.25, 0.3) is 11.4 Å². The van der Waals surface area contributed by atoms with Crippen molar-refractivity contribution in [3.8, 4) is 11.4 Å². The molecule has 0 saturated carbocycles. The molecule has 27 heavy (non-hydrogen) atoms. The number of aryl methyl sites for hydroxylation is 3. The number of nitrogens with zero attached hydrogens (tertiary/aromatic N) is 8. The number of imidazole rings is 1. The molecule has 1 aliphatic heterocycles. The topological polar surface area (TPSA) is 86.7 Å². The molecular formula is C18H24N8O. The van der Waals surface area contributed by atoms with Crippen LogP contribution >= 0.6 is 0 Å². The molecule has 0 spiro atoms. The Morgan fingerprint density at radius 3 is 2.93 bits per heavy atom. The van der Waals surface area contributed by atoms with Crippen molar-refractivity contribution in [2.45, 2.75) is 45.8 Å². The van der Waals surface area contributed by atoms with Gasteiger partial charge in [-0.05, 0) is 6.92 Å². The summed E-state index contributed by atoms with van der Waals surface area (Å²) in [5.74, 6) is 2.77. The van der Waals surface area contributed by atoms with Gasteiger partial charge in [0.2, 0.25) is 5.91 Å². The van der Waals surface area contributed by atoms with Crippen LogP contribution in [0.2, 0.25) is 0 Å². The first-order valence-corrected chi connectivity index (χ1v) is 9.27. The van der Waals surface area contributed by atoms with Crippen LogP contribution < -0.4 is 0 Å². The van der Waals surface area contributed by atoms with E-state index in [2.05, 4.69) is 38.7 Å². The molecule has 9 nitrogen and oxygen atoms in total. The maximum absolute atomic E-state index is 12.7. The van der Waals surface area contributed by atoms with Gasteiger partial charge in [0.05, 0.1) is 24.3 Å². The molecule has 4 heterocycles. The Kier molecular flexibility index (Phi) is 4.51. The maximum atomic E-state index is 12.7. The molecule has 4 rings (SSSR count). The molecule has 0 saturated heterocycles. The molecule has 1 aliphatic rings. The average molecular weight is 368 g/mol. The molecule has 0 fully saturated rings. The lowest BCUT2D eigenvalue weighted by molar-refractivity contribution is -0.133. The third-order valence-electron chi connectivity index (χ3n) is 5.02. The van der Waals surface area contributed by atoms with Gasteiger partial charge >= 0.3 is 0 Å². The second-order valence-electron chi connectivity index (χ2n) is 6.98. The normalized spacial score (nSPS) is 16.6. The summed E-state index contributed by atoms with van der Waals surface area (Å²) in [6.45, 7) is 5.96. The van der Waals surface area contributed by atoms with Gasteiger partial charge in [-0.15, -0.1) is 10.2 Å². The number of amides is 1. The number of rotatable bonds is 5. The van der Waals surface area contributed by atoms with Gasteiger partial charge in [-0.2, -0.15) is 5.10 Å². The summed E-state index contributed by atoms with van der Waals surface area (Å²) < 4.78 is 5.92. The van der Waals surface area contributed by atoms with E-state index >= 15 is 0 Å². The highest BCUT2D eigenvalue weighted by atomic mass is 16.2. The SMILES string of the molecule is CCc1nccn1CCC(=O)N1Cc2nnc(-c3cnn(C)c3)n2[C@@H](C)C1. The Bertz CT molecular complexity index is 952. The zero-order chi connectivity index (χ0) is 19.0. The standard InChI is InChI=1S/C18H24N8O/c1-4-15-19-6-8-24(15)7-5-17(27)25-10-13(2)26-16(12-25)21-22-18(26)14-9-20-23(3)11-14/h6,8-9,11,13H,4-5,7,10,12H2,1-3H3/t13-/m0/s1. The molecule has 1 atom stereocenters. The van der Waals surface area contributed by atoms with Crippen molar-refractivity contribution in [2.24, 2.45) is 7.05 Å². The van der Waals surface area contributed by atoms with Crippen molar-refractivity contribution in [2.75, 3.05) is 6.54 Å². The number of carbonyl (C=O) groups is 1. The number of carbonyl (C=O) groups excluding carboxylic acids is 1. The van der Waals surface area contributed by atoms with Gasteiger partial charge in [-0.3, -0.25) is 9.48 Å². The minimum Gasteiger partial charge on any atom is -0.334 e. The number of fused-ring (bicyclic) bond motifs is 1. The Morgan fingerprint density at radius 1 is 1.33 bits per heavy atom. The van der Waals surface area contributed by atoms with E-state index in [4.69, 9.17) is 0 Å². The second-order valence-corrected chi connectivity index (χ2v) is 6.98. The van der Waals surface area contributed by atoms with Crippen LogP contribution in [0.15, 0.2) is 24.8 Å². The van der Waals surface area contributed by atoms with Gasteiger partial charge in [0.15, 0.2) is 11.6 Å². The number of aromatic nitrogens is 7. The molecular weight excluding hydrogens is 344 g/mol. The molecule has 1 amide bonds. The van der Waals surface area contributed by atoms with Gasteiger partial charge < -0.3 is 14.0 Å². The summed E-state index contributed by atoms with van der Waals surface area (Å²) in [4.78, 5) is 18.9. The van der Waals surface area contributed by atoms with Crippen molar-refractivity contribution >= 4 is 5.91 Å². The van der Waals surface area contributed by atoms with E-state index < -0.39 is 0 Å². The first-order valence-electron chi connectivity index (χ1n) is 9.27. The molecule has 0 radical (unpaired) electrons. The summed E-state index contributed by atoms with van der Waals surface area (Å²) in [5, 5.41) is 12.9. The van der Waals surface area contributed by atoms with Crippen molar-refractivity contribution in [3.05, 3.63) is 36.4 Å². The Hall–Kier alpha value is -2.97. The molecule has 0 aliphatic carbocycles. The molecule has 0 unspecified atom stereocenters. The van der Waals surface area contributed by atoms with Crippen molar-refractivity contribution in [1.82, 2.24) is 39.0 Å². The van der Waals surface area contributed by atoms with Crippen LogP contribution in [-0.4, -0.2) is 51.4 Å². The molecule has 142 valence electrons. The van der Waals surface area contributed by atoms with Gasteiger partial charge in [-0.25, -0.2) is 4.98 Å². The van der Waals surface area contributed by atoms with E-state index in [1.165, 1.54) is 0 Å². The fraction of sp³-hybridized carbons (Fsp3) is 0.500. The Balaban J connectivity index is 1.47. The summed E-state index contributed by atoms with van der Waals surface area (Å²) in [5.41, 5.74) is 0.940. The van der Waals surface area contributed by atoms with Crippen LogP contribution in [-0.2, 0) is 31.4 Å². The molecule has 0 bridgehead atoms. The molecule has 3 aromatic rings. The van der Waals surface area contributed by atoms with Gasteiger partial charge in [0.1, 0.15) is 5.82 Å². The largest absolute Gasteiger partial charge is 0.334 e. The van der Waals surface area contributed by atoms with Crippen molar-refractivity contribution in [1.29, 1.82) is 0 Å². The van der Waals surface area contributed by atoms with E-state index in [1.807, 2.05) is 28.9 Å². The quantitative estimate of drug-likeness (QED) is 0.680. The second kappa shape index (κ2) is 6.98. The predicted octanol–water partition coefficient (Wildman–Crippen LogP) is 1.43. The summed E-state index contributed by atoms with van der Waals surface area (Å²) in [7, 11) is 1.88.